The predicted octanol–water partition coefficient (Wildman–Crippen LogP) is 3.79. The lowest BCUT2D eigenvalue weighted by Crippen LogP contribution is -1.92. The van der Waals surface area contributed by atoms with E-state index < -0.39 is 0 Å². The van der Waals surface area contributed by atoms with Gasteiger partial charge in [0.15, 0.2) is 6.29 Å². The summed E-state index contributed by atoms with van der Waals surface area (Å²) in [6.45, 7) is 4.12. The summed E-state index contributed by atoms with van der Waals surface area (Å²) in [5.41, 5.74) is 5.08. The van der Waals surface area contributed by atoms with Crippen LogP contribution in [-0.4, -0.2) is 13.4 Å². The van der Waals surface area contributed by atoms with Gasteiger partial charge in [0.05, 0.1) is 7.11 Å². The van der Waals surface area contributed by atoms with Gasteiger partial charge in [-0.15, -0.1) is 0 Å². The Bertz CT molecular complexity index is 586. The summed E-state index contributed by atoms with van der Waals surface area (Å²) in [7, 11) is 1.60. The quantitative estimate of drug-likeness (QED) is 0.763. The molecule has 0 heterocycles. The topological polar surface area (TPSA) is 26.3 Å². The normalized spacial score (nSPS) is 10.2. The average Bonchev–Trinajstić information content (AvgIpc) is 2.38. The number of hydrogen-bond acceptors (Lipinski definition) is 2. The van der Waals surface area contributed by atoms with E-state index in [0.717, 1.165) is 17.4 Å². The summed E-state index contributed by atoms with van der Waals surface area (Å²) in [6.07, 6.45) is 0.872. The Morgan fingerprint density at radius 3 is 2.33 bits per heavy atom. The van der Waals surface area contributed by atoms with E-state index in [1.54, 1.807) is 13.2 Å². The minimum absolute atomic E-state index is 0.654. The molecule has 0 bridgehead atoms. The maximum atomic E-state index is 11.2. The fraction of sp³-hybridized carbons (Fsp3) is 0.188. The van der Waals surface area contributed by atoms with Crippen molar-refractivity contribution < 1.29 is 9.53 Å². The molecule has 18 heavy (non-hydrogen) atoms. The third-order valence-electron chi connectivity index (χ3n) is 3.06. The Labute approximate surface area is 107 Å². The third-order valence-corrected chi connectivity index (χ3v) is 3.06. The van der Waals surface area contributed by atoms with Crippen LogP contribution in [-0.2, 0) is 0 Å². The Kier molecular flexibility index (Phi) is 3.47. The highest BCUT2D eigenvalue weighted by Crippen LogP contribution is 2.29. The molecular formula is C16H16O2. The number of carbonyl (C=O) groups excluding carboxylic acids is 1. The number of aryl methyl sites for hydroxylation is 2. The Hall–Kier alpha value is -2.09. The van der Waals surface area contributed by atoms with Crippen molar-refractivity contribution in [3.8, 4) is 16.9 Å². The number of benzene rings is 2. The number of methoxy groups -OCH3 is 1. The second-order valence-corrected chi connectivity index (χ2v) is 4.39. The first-order valence-corrected chi connectivity index (χ1v) is 5.86. The monoisotopic (exact) mass is 240 g/mol. The second-order valence-electron chi connectivity index (χ2n) is 4.39. The third kappa shape index (κ3) is 2.28. The molecular weight excluding hydrogens is 224 g/mol. The lowest BCUT2D eigenvalue weighted by molar-refractivity contribution is 0.112. The van der Waals surface area contributed by atoms with Crippen LogP contribution in [0.15, 0.2) is 36.4 Å². The van der Waals surface area contributed by atoms with Crippen molar-refractivity contribution in [1.29, 1.82) is 0 Å². The first kappa shape index (κ1) is 12.4. The van der Waals surface area contributed by atoms with Gasteiger partial charge in [0.25, 0.3) is 0 Å². The number of carbonyl (C=O) groups is 1. The first-order chi connectivity index (χ1) is 8.65. The molecule has 0 amide bonds. The van der Waals surface area contributed by atoms with Gasteiger partial charge in [0, 0.05) is 5.56 Å². The Balaban J connectivity index is 2.59. The van der Waals surface area contributed by atoms with Crippen LogP contribution in [0.3, 0.4) is 0 Å². The molecule has 0 aliphatic heterocycles. The van der Waals surface area contributed by atoms with Crippen LogP contribution in [0.5, 0.6) is 5.75 Å². The van der Waals surface area contributed by atoms with E-state index >= 15 is 0 Å². The van der Waals surface area contributed by atoms with Crippen LogP contribution >= 0.6 is 0 Å². The fourth-order valence-corrected chi connectivity index (χ4v) is 2.13. The van der Waals surface area contributed by atoms with Crippen LogP contribution in [0.25, 0.3) is 11.1 Å². The van der Waals surface area contributed by atoms with Crippen molar-refractivity contribution >= 4 is 6.29 Å². The summed E-state index contributed by atoms with van der Waals surface area (Å²) in [6, 6.07) is 11.8. The van der Waals surface area contributed by atoms with E-state index in [1.165, 1.54) is 11.1 Å². The lowest BCUT2D eigenvalue weighted by Gasteiger charge is -2.10. The van der Waals surface area contributed by atoms with E-state index in [-0.39, 0.29) is 0 Å². The van der Waals surface area contributed by atoms with Gasteiger partial charge in [-0.3, -0.25) is 4.79 Å². The van der Waals surface area contributed by atoms with Gasteiger partial charge < -0.3 is 4.74 Å². The van der Waals surface area contributed by atoms with Crippen LogP contribution in [0.2, 0.25) is 0 Å². The summed E-state index contributed by atoms with van der Waals surface area (Å²) < 4.78 is 5.14. The molecule has 0 saturated carbocycles. The van der Waals surface area contributed by atoms with E-state index in [4.69, 9.17) is 4.74 Å². The van der Waals surface area contributed by atoms with Crippen molar-refractivity contribution in [3.63, 3.8) is 0 Å². The summed E-state index contributed by atoms with van der Waals surface area (Å²) in [4.78, 5) is 11.2. The fourth-order valence-electron chi connectivity index (χ4n) is 2.13. The number of rotatable bonds is 3. The zero-order chi connectivity index (χ0) is 13.1. The molecule has 0 fully saturated rings. The van der Waals surface area contributed by atoms with Gasteiger partial charge in [0.1, 0.15) is 5.75 Å². The van der Waals surface area contributed by atoms with E-state index in [9.17, 15) is 4.79 Å². The summed E-state index contributed by atoms with van der Waals surface area (Å²) >= 11 is 0. The first-order valence-electron chi connectivity index (χ1n) is 5.86. The maximum Gasteiger partial charge on any atom is 0.150 e. The molecule has 0 saturated heterocycles. The zero-order valence-electron chi connectivity index (χ0n) is 10.9. The molecule has 2 rings (SSSR count). The smallest absolute Gasteiger partial charge is 0.150 e. The Morgan fingerprint density at radius 2 is 1.72 bits per heavy atom. The van der Waals surface area contributed by atoms with Crippen LogP contribution in [0, 0.1) is 13.8 Å². The van der Waals surface area contributed by atoms with Crippen molar-refractivity contribution in [2.45, 2.75) is 13.8 Å². The molecule has 0 aliphatic rings. The number of hydrogen-bond donors (Lipinski definition) is 0. The molecule has 0 unspecified atom stereocenters. The van der Waals surface area contributed by atoms with Crippen LogP contribution in [0.4, 0.5) is 0 Å². The lowest BCUT2D eigenvalue weighted by atomic mass is 9.95. The molecule has 0 spiro atoms. The van der Waals surface area contributed by atoms with Crippen molar-refractivity contribution in [2.75, 3.05) is 7.11 Å². The molecule has 0 atom stereocenters. The second kappa shape index (κ2) is 5.05. The summed E-state index contributed by atoms with van der Waals surface area (Å²) in [5.74, 6) is 0.700. The molecule has 92 valence electrons. The van der Waals surface area contributed by atoms with E-state index in [2.05, 4.69) is 32.0 Å². The van der Waals surface area contributed by atoms with Crippen LogP contribution < -0.4 is 4.74 Å². The predicted molar refractivity (Wildman–Crippen MR) is 73.3 cm³/mol. The maximum absolute atomic E-state index is 11.2. The minimum atomic E-state index is 0.654. The highest BCUT2D eigenvalue weighted by Gasteiger charge is 2.08. The van der Waals surface area contributed by atoms with Gasteiger partial charge in [0.2, 0.25) is 0 Å². The molecule has 2 aromatic rings. The highest BCUT2D eigenvalue weighted by molar-refractivity contribution is 5.89. The molecule has 2 aromatic carbocycles. The van der Waals surface area contributed by atoms with E-state index in [1.807, 2.05) is 12.1 Å². The van der Waals surface area contributed by atoms with E-state index in [0.29, 0.717) is 11.3 Å². The molecule has 0 N–H and O–H groups in total. The van der Waals surface area contributed by atoms with Crippen molar-refractivity contribution in [2.24, 2.45) is 0 Å². The SMILES string of the molecule is COc1ccc(-c2ccc(C)cc2C)c(C=O)c1. The number of aldehydes is 1. The zero-order valence-corrected chi connectivity index (χ0v) is 10.9. The summed E-state index contributed by atoms with van der Waals surface area (Å²) in [5, 5.41) is 0. The van der Waals surface area contributed by atoms with Gasteiger partial charge in [-0.05, 0) is 48.7 Å². The van der Waals surface area contributed by atoms with Crippen molar-refractivity contribution in [1.82, 2.24) is 0 Å². The van der Waals surface area contributed by atoms with Gasteiger partial charge in [-0.1, -0.05) is 23.8 Å². The molecule has 2 heteroatoms. The van der Waals surface area contributed by atoms with Gasteiger partial charge in [-0.25, -0.2) is 0 Å². The van der Waals surface area contributed by atoms with Gasteiger partial charge in [-0.2, -0.15) is 0 Å². The van der Waals surface area contributed by atoms with Crippen LogP contribution in [0.1, 0.15) is 21.5 Å². The standard InChI is InChI=1S/C16H16O2/c1-11-4-6-15(12(2)8-11)16-7-5-14(18-3)9-13(16)10-17/h4-10H,1-3H3. The molecule has 2 nitrogen and oxygen atoms in total. The van der Waals surface area contributed by atoms with Crippen molar-refractivity contribution in [3.05, 3.63) is 53.1 Å². The van der Waals surface area contributed by atoms with Gasteiger partial charge >= 0.3 is 0 Å². The average molecular weight is 240 g/mol. The minimum Gasteiger partial charge on any atom is -0.497 e. The molecule has 0 aliphatic carbocycles. The number of ether oxygens (including phenoxy) is 1. The molecule has 0 radical (unpaired) electrons. The molecule has 0 aromatic heterocycles. The largest absolute Gasteiger partial charge is 0.497 e. The highest BCUT2D eigenvalue weighted by atomic mass is 16.5. The Morgan fingerprint density at radius 1 is 1.00 bits per heavy atom.